The van der Waals surface area contributed by atoms with Crippen LogP contribution in [0.1, 0.15) is 43.6 Å². The maximum absolute atomic E-state index is 11.1. The molecule has 1 aliphatic rings. The zero-order valence-electron chi connectivity index (χ0n) is 14.0. The number of aliphatic hydroxyl groups is 1. The summed E-state index contributed by atoms with van der Waals surface area (Å²) in [6.07, 6.45) is 1.39. The third-order valence-electron chi connectivity index (χ3n) is 4.45. The van der Waals surface area contributed by atoms with E-state index in [1.165, 1.54) is 6.08 Å². The zero-order chi connectivity index (χ0) is 18.3. The van der Waals surface area contributed by atoms with Crippen LogP contribution in [0.4, 0.5) is 0 Å². The Kier molecular flexibility index (Phi) is 4.67. The van der Waals surface area contributed by atoms with Crippen LogP contribution in [0.25, 0.3) is 6.08 Å². The van der Waals surface area contributed by atoms with Gasteiger partial charge in [-0.3, -0.25) is 0 Å². The molecule has 7 nitrogen and oxygen atoms in total. The molecule has 0 aliphatic carbocycles. The second kappa shape index (κ2) is 6.12. The summed E-state index contributed by atoms with van der Waals surface area (Å²) in [5.74, 6) is -2.19. The van der Waals surface area contributed by atoms with Crippen LogP contribution < -0.4 is 0 Å². The molecule has 0 radical (unpaired) electrons. The Labute approximate surface area is 140 Å². The summed E-state index contributed by atoms with van der Waals surface area (Å²) in [5.41, 5.74) is -1.11. The Hall–Kier alpha value is -2.03. The van der Waals surface area contributed by atoms with E-state index in [9.17, 15) is 20.1 Å². The second-order valence-electron chi connectivity index (χ2n) is 6.70. The van der Waals surface area contributed by atoms with Crippen LogP contribution in [0.5, 0.6) is 11.5 Å². The number of carboxylic acids is 1. The molecule has 0 aromatic heterocycles. The smallest absolute Gasteiger partial charge is 0.492 e. The molecule has 0 atom stereocenters. The van der Waals surface area contributed by atoms with E-state index in [1.807, 2.05) is 27.7 Å². The van der Waals surface area contributed by atoms with Crippen molar-refractivity contribution in [2.45, 2.75) is 38.9 Å². The van der Waals surface area contributed by atoms with E-state index in [0.29, 0.717) is 5.47 Å². The molecule has 0 spiro atoms. The fourth-order valence-corrected chi connectivity index (χ4v) is 2.26. The summed E-state index contributed by atoms with van der Waals surface area (Å²) in [6.45, 7) is 7.05. The number of carbonyl (C=O) groups is 1. The van der Waals surface area contributed by atoms with Gasteiger partial charge in [-0.1, -0.05) is 6.08 Å². The molecule has 1 saturated heterocycles. The minimum Gasteiger partial charge on any atom is -0.507 e. The molecule has 0 amide bonds. The average Bonchev–Trinajstić information content (AvgIpc) is 2.66. The van der Waals surface area contributed by atoms with Gasteiger partial charge in [-0.05, 0) is 39.2 Å². The minimum atomic E-state index is -1.33. The monoisotopic (exact) mass is 336 g/mol. The van der Waals surface area contributed by atoms with Crippen molar-refractivity contribution >= 4 is 19.2 Å². The molecular weight excluding hydrogens is 315 g/mol. The maximum Gasteiger partial charge on any atom is 0.492 e. The number of hydrogen-bond donors (Lipinski definition) is 4. The number of rotatable bonds is 4. The third-order valence-corrected chi connectivity index (χ3v) is 4.45. The predicted octanol–water partition coefficient (Wildman–Crippen LogP) is 1.80. The molecule has 1 aliphatic heterocycles. The highest BCUT2D eigenvalue weighted by Crippen LogP contribution is 2.39. The van der Waals surface area contributed by atoms with E-state index in [0.717, 1.165) is 12.1 Å². The van der Waals surface area contributed by atoms with Crippen LogP contribution in [0.15, 0.2) is 17.6 Å². The van der Waals surface area contributed by atoms with Gasteiger partial charge in [0.15, 0.2) is 0 Å². The van der Waals surface area contributed by atoms with E-state index < -0.39 is 36.6 Å². The summed E-state index contributed by atoms with van der Waals surface area (Å²) in [5, 5.41) is 38.2. The first-order chi connectivity index (χ1) is 11.0. The minimum absolute atomic E-state index is 0.129. The molecule has 2 rings (SSSR count). The third kappa shape index (κ3) is 3.26. The van der Waals surface area contributed by atoms with Gasteiger partial charge >= 0.3 is 13.1 Å². The fraction of sp³-hybridized carbons (Fsp3) is 0.438. The Balaban J connectivity index is 2.42. The van der Waals surface area contributed by atoms with Crippen LogP contribution in [-0.2, 0) is 9.31 Å². The van der Waals surface area contributed by atoms with Crippen molar-refractivity contribution in [3.05, 3.63) is 28.7 Å². The molecule has 0 saturated carbocycles. The lowest BCUT2D eigenvalue weighted by Gasteiger charge is -2.32. The van der Waals surface area contributed by atoms with Crippen LogP contribution in [0, 0.1) is 0 Å². The Morgan fingerprint density at radius 1 is 1.12 bits per heavy atom. The van der Waals surface area contributed by atoms with Crippen molar-refractivity contribution in [2.24, 2.45) is 0 Å². The molecule has 1 aromatic carbocycles. The highest BCUT2D eigenvalue weighted by molar-refractivity contribution is 6.55. The van der Waals surface area contributed by atoms with Gasteiger partial charge in [0.2, 0.25) is 0 Å². The molecule has 1 aromatic rings. The number of aliphatic hydroxyl groups excluding tert-OH is 1. The summed E-state index contributed by atoms with van der Waals surface area (Å²) >= 11 is 0. The van der Waals surface area contributed by atoms with Gasteiger partial charge in [-0.25, -0.2) is 4.79 Å². The number of phenolic OH excluding ortho intramolecular Hbond substituents is 1. The molecule has 4 N–H and O–H groups in total. The van der Waals surface area contributed by atoms with Crippen molar-refractivity contribution in [2.75, 3.05) is 6.61 Å². The van der Waals surface area contributed by atoms with Gasteiger partial charge in [-0.2, -0.15) is 0 Å². The fourth-order valence-electron chi connectivity index (χ4n) is 2.26. The first-order valence-electron chi connectivity index (χ1n) is 7.45. The zero-order valence-corrected chi connectivity index (χ0v) is 14.0. The lowest BCUT2D eigenvalue weighted by molar-refractivity contribution is 0.00578. The first kappa shape index (κ1) is 18.3. The van der Waals surface area contributed by atoms with Gasteiger partial charge in [-0.15, -0.1) is 0 Å². The van der Waals surface area contributed by atoms with Crippen molar-refractivity contribution in [1.29, 1.82) is 0 Å². The van der Waals surface area contributed by atoms with Crippen molar-refractivity contribution in [3.8, 4) is 11.5 Å². The molecular formula is C16H21BO7. The quantitative estimate of drug-likeness (QED) is 0.620. The van der Waals surface area contributed by atoms with Gasteiger partial charge in [0.05, 0.1) is 17.8 Å². The SMILES string of the molecule is CC1(C)OB(C(=Cc2cc(C(=O)O)c(O)cc2O)CO)OC1(C)C. The lowest BCUT2D eigenvalue weighted by Crippen LogP contribution is -2.41. The standard InChI is InChI=1S/C16H21BO7/c1-15(2)16(3,4)24-17(23-15)10(8-18)5-9-6-11(14(21)22)13(20)7-12(9)19/h5-7,18-20H,8H2,1-4H3,(H,21,22). The van der Waals surface area contributed by atoms with Crippen LogP contribution >= 0.6 is 0 Å². The summed E-state index contributed by atoms with van der Waals surface area (Å²) in [4.78, 5) is 11.1. The highest BCUT2D eigenvalue weighted by Gasteiger charge is 2.52. The highest BCUT2D eigenvalue weighted by atomic mass is 16.7. The second-order valence-corrected chi connectivity index (χ2v) is 6.70. The summed E-state index contributed by atoms with van der Waals surface area (Å²) in [6, 6.07) is 2.06. The Morgan fingerprint density at radius 2 is 1.67 bits per heavy atom. The van der Waals surface area contributed by atoms with Crippen LogP contribution in [0.3, 0.4) is 0 Å². The van der Waals surface area contributed by atoms with E-state index in [-0.39, 0.29) is 16.9 Å². The average molecular weight is 336 g/mol. The topological polar surface area (TPSA) is 116 Å². The maximum atomic E-state index is 11.1. The number of phenols is 2. The number of aromatic carboxylic acids is 1. The van der Waals surface area contributed by atoms with E-state index in [4.69, 9.17) is 14.4 Å². The van der Waals surface area contributed by atoms with Gasteiger partial charge in [0.1, 0.15) is 17.1 Å². The number of benzene rings is 1. The first-order valence-corrected chi connectivity index (χ1v) is 7.45. The van der Waals surface area contributed by atoms with E-state index >= 15 is 0 Å². The molecule has 24 heavy (non-hydrogen) atoms. The molecule has 130 valence electrons. The molecule has 1 heterocycles. The summed E-state index contributed by atoms with van der Waals surface area (Å²) in [7, 11) is -0.832. The van der Waals surface area contributed by atoms with Crippen LogP contribution in [-0.4, -0.2) is 51.3 Å². The number of hydrogen-bond acceptors (Lipinski definition) is 6. The van der Waals surface area contributed by atoms with E-state index in [1.54, 1.807) is 0 Å². The normalized spacial score (nSPS) is 19.5. The Bertz CT molecular complexity index is 678. The molecule has 8 heteroatoms. The molecule has 1 fully saturated rings. The van der Waals surface area contributed by atoms with Gasteiger partial charge in [0.25, 0.3) is 0 Å². The van der Waals surface area contributed by atoms with Crippen molar-refractivity contribution < 1.29 is 34.5 Å². The predicted molar refractivity (Wildman–Crippen MR) is 87.9 cm³/mol. The Morgan fingerprint density at radius 3 is 2.12 bits per heavy atom. The number of carboxylic acid groups (broad SMARTS) is 1. The van der Waals surface area contributed by atoms with E-state index in [2.05, 4.69) is 0 Å². The van der Waals surface area contributed by atoms with Gasteiger partial charge in [0, 0.05) is 11.6 Å². The van der Waals surface area contributed by atoms with Gasteiger partial charge < -0.3 is 29.7 Å². The van der Waals surface area contributed by atoms with Crippen LogP contribution in [0.2, 0.25) is 0 Å². The van der Waals surface area contributed by atoms with Crippen molar-refractivity contribution in [1.82, 2.24) is 0 Å². The number of aromatic hydroxyl groups is 2. The summed E-state index contributed by atoms with van der Waals surface area (Å²) < 4.78 is 11.7. The molecule has 0 unspecified atom stereocenters. The largest absolute Gasteiger partial charge is 0.507 e. The molecule has 0 bridgehead atoms. The van der Waals surface area contributed by atoms with Crippen molar-refractivity contribution in [3.63, 3.8) is 0 Å². The lowest BCUT2D eigenvalue weighted by atomic mass is 9.77.